The number of rotatable bonds is 6. The van der Waals surface area contributed by atoms with Crippen LogP contribution in [0.5, 0.6) is 0 Å². The zero-order valence-electron chi connectivity index (χ0n) is 11.8. The van der Waals surface area contributed by atoms with E-state index in [1.54, 1.807) is 4.90 Å². The molecule has 2 fully saturated rings. The minimum atomic E-state index is 0.257. The summed E-state index contributed by atoms with van der Waals surface area (Å²) in [6.07, 6.45) is 5.22. The molecular weight excluding hydrogens is 226 g/mol. The maximum Gasteiger partial charge on any atom is 0.236 e. The molecule has 1 aliphatic heterocycles. The third-order valence-electron chi connectivity index (χ3n) is 4.24. The van der Waals surface area contributed by atoms with E-state index in [-0.39, 0.29) is 5.91 Å². The number of carbonyl (C=O) groups is 1. The van der Waals surface area contributed by atoms with Gasteiger partial charge in [0.25, 0.3) is 0 Å². The van der Waals surface area contributed by atoms with Crippen molar-refractivity contribution in [1.29, 1.82) is 0 Å². The highest BCUT2D eigenvalue weighted by atomic mass is 16.2. The minimum absolute atomic E-state index is 0.257. The van der Waals surface area contributed by atoms with Crippen LogP contribution in [0.15, 0.2) is 0 Å². The van der Waals surface area contributed by atoms with Crippen LogP contribution in [0.1, 0.15) is 32.6 Å². The van der Waals surface area contributed by atoms with Crippen molar-refractivity contribution < 1.29 is 4.79 Å². The van der Waals surface area contributed by atoms with Gasteiger partial charge in [0.1, 0.15) is 0 Å². The maximum atomic E-state index is 11.8. The number of hydrogen-bond acceptors (Lipinski definition) is 3. The summed E-state index contributed by atoms with van der Waals surface area (Å²) in [5.41, 5.74) is 0. The molecule has 1 saturated carbocycles. The molecule has 0 aromatic rings. The fourth-order valence-corrected chi connectivity index (χ4v) is 2.46. The number of likely N-dealkylation sites (tertiary alicyclic amines) is 1. The topological polar surface area (TPSA) is 35.6 Å². The Morgan fingerprint density at radius 2 is 1.94 bits per heavy atom. The van der Waals surface area contributed by atoms with Gasteiger partial charge in [-0.15, -0.1) is 0 Å². The van der Waals surface area contributed by atoms with E-state index in [0.717, 1.165) is 31.6 Å². The summed E-state index contributed by atoms with van der Waals surface area (Å²) < 4.78 is 0. The normalized spacial score (nSPS) is 22.1. The van der Waals surface area contributed by atoms with Gasteiger partial charge in [0.2, 0.25) is 5.91 Å². The molecule has 2 rings (SSSR count). The smallest absolute Gasteiger partial charge is 0.236 e. The number of hydrogen-bond donors (Lipinski definition) is 1. The number of nitrogens with one attached hydrogen (secondary N) is 1. The van der Waals surface area contributed by atoms with Crippen LogP contribution in [-0.2, 0) is 4.79 Å². The van der Waals surface area contributed by atoms with E-state index in [9.17, 15) is 4.79 Å². The summed E-state index contributed by atoms with van der Waals surface area (Å²) in [5.74, 6) is 1.08. The molecule has 0 atom stereocenters. The molecule has 0 unspecified atom stereocenters. The molecule has 4 heteroatoms. The quantitative estimate of drug-likeness (QED) is 0.765. The largest absolute Gasteiger partial charge is 0.345 e. The summed E-state index contributed by atoms with van der Waals surface area (Å²) in [5, 5.41) is 3.62. The minimum Gasteiger partial charge on any atom is -0.345 e. The van der Waals surface area contributed by atoms with Crippen molar-refractivity contribution in [1.82, 2.24) is 15.1 Å². The number of nitrogens with zero attached hydrogens (tertiary/aromatic N) is 2. The van der Waals surface area contributed by atoms with Crippen LogP contribution < -0.4 is 5.32 Å². The van der Waals surface area contributed by atoms with Crippen LogP contribution >= 0.6 is 0 Å². The fraction of sp³-hybridized carbons (Fsp3) is 0.929. The standard InChI is InChI=1S/C14H27N3O/c1-3-16(2)14(18)11-17-8-6-12(7-9-17)10-15-13-4-5-13/h12-13,15H,3-11H2,1-2H3. The molecular formula is C14H27N3O. The third-order valence-corrected chi connectivity index (χ3v) is 4.24. The zero-order valence-corrected chi connectivity index (χ0v) is 11.8. The molecule has 0 bridgehead atoms. The van der Waals surface area contributed by atoms with Crippen molar-refractivity contribution in [3.8, 4) is 0 Å². The highest BCUT2D eigenvalue weighted by Crippen LogP contribution is 2.21. The summed E-state index contributed by atoms with van der Waals surface area (Å²) in [4.78, 5) is 15.9. The summed E-state index contributed by atoms with van der Waals surface area (Å²) in [6.45, 7) is 6.78. The lowest BCUT2D eigenvalue weighted by Gasteiger charge is -2.32. The summed E-state index contributed by atoms with van der Waals surface area (Å²) in [6, 6.07) is 0.822. The van der Waals surface area contributed by atoms with Gasteiger partial charge in [-0.25, -0.2) is 0 Å². The SMILES string of the molecule is CCN(C)C(=O)CN1CCC(CNC2CC2)CC1. The van der Waals surface area contributed by atoms with Gasteiger partial charge in [-0.05, 0) is 58.2 Å². The lowest BCUT2D eigenvalue weighted by molar-refractivity contribution is -0.131. The second-order valence-corrected chi connectivity index (χ2v) is 5.81. The molecule has 0 aromatic carbocycles. The highest BCUT2D eigenvalue weighted by molar-refractivity contribution is 5.77. The molecule has 1 N–H and O–H groups in total. The monoisotopic (exact) mass is 253 g/mol. The van der Waals surface area contributed by atoms with Gasteiger partial charge in [-0.3, -0.25) is 9.69 Å². The van der Waals surface area contributed by atoms with Crippen molar-refractivity contribution in [3.63, 3.8) is 0 Å². The molecule has 0 aromatic heterocycles. The number of carbonyl (C=O) groups excluding carboxylic acids is 1. The average Bonchev–Trinajstić information content (AvgIpc) is 3.21. The molecule has 2 aliphatic rings. The maximum absolute atomic E-state index is 11.8. The van der Waals surface area contributed by atoms with Crippen molar-refractivity contribution in [2.24, 2.45) is 5.92 Å². The Morgan fingerprint density at radius 3 is 2.50 bits per heavy atom. The Morgan fingerprint density at radius 1 is 1.28 bits per heavy atom. The van der Waals surface area contributed by atoms with Gasteiger partial charge >= 0.3 is 0 Å². The van der Waals surface area contributed by atoms with E-state index < -0.39 is 0 Å². The first-order valence-electron chi connectivity index (χ1n) is 7.38. The van der Waals surface area contributed by atoms with Gasteiger partial charge < -0.3 is 10.2 Å². The molecule has 4 nitrogen and oxygen atoms in total. The Hall–Kier alpha value is -0.610. The van der Waals surface area contributed by atoms with Gasteiger partial charge in [-0.1, -0.05) is 0 Å². The third kappa shape index (κ3) is 4.25. The first-order chi connectivity index (χ1) is 8.69. The molecule has 0 radical (unpaired) electrons. The van der Waals surface area contributed by atoms with E-state index in [0.29, 0.717) is 6.54 Å². The van der Waals surface area contributed by atoms with Crippen LogP contribution in [0.4, 0.5) is 0 Å². The predicted molar refractivity (Wildman–Crippen MR) is 73.5 cm³/mol. The van der Waals surface area contributed by atoms with Gasteiger partial charge in [0, 0.05) is 19.6 Å². The lowest BCUT2D eigenvalue weighted by atomic mass is 9.97. The Kier molecular flexibility index (Phi) is 5.01. The van der Waals surface area contributed by atoms with Crippen LogP contribution in [0.2, 0.25) is 0 Å². The van der Waals surface area contributed by atoms with Crippen LogP contribution in [0.25, 0.3) is 0 Å². The fourth-order valence-electron chi connectivity index (χ4n) is 2.46. The lowest BCUT2D eigenvalue weighted by Crippen LogP contribution is -2.43. The van der Waals surface area contributed by atoms with Gasteiger partial charge in [0.15, 0.2) is 0 Å². The van der Waals surface area contributed by atoms with Crippen LogP contribution in [-0.4, -0.2) is 61.5 Å². The molecule has 1 aliphatic carbocycles. The van der Waals surface area contributed by atoms with Crippen molar-refractivity contribution in [2.45, 2.75) is 38.6 Å². The van der Waals surface area contributed by atoms with E-state index in [1.807, 2.05) is 14.0 Å². The summed E-state index contributed by atoms with van der Waals surface area (Å²) in [7, 11) is 1.88. The number of likely N-dealkylation sites (N-methyl/N-ethyl adjacent to an activating group) is 1. The highest BCUT2D eigenvalue weighted by Gasteiger charge is 2.25. The van der Waals surface area contributed by atoms with Gasteiger partial charge in [0.05, 0.1) is 6.54 Å². The first-order valence-corrected chi connectivity index (χ1v) is 7.38. The molecule has 1 saturated heterocycles. The van der Waals surface area contributed by atoms with Gasteiger partial charge in [-0.2, -0.15) is 0 Å². The molecule has 1 amide bonds. The van der Waals surface area contributed by atoms with Crippen molar-refractivity contribution >= 4 is 5.91 Å². The number of piperidine rings is 1. The Labute approximate surface area is 111 Å². The Balaban J connectivity index is 1.61. The molecule has 104 valence electrons. The van der Waals surface area contributed by atoms with Crippen LogP contribution in [0, 0.1) is 5.92 Å². The predicted octanol–water partition coefficient (Wildman–Crippen LogP) is 0.929. The second-order valence-electron chi connectivity index (χ2n) is 5.81. The van der Waals surface area contributed by atoms with Crippen molar-refractivity contribution in [2.75, 3.05) is 39.8 Å². The number of amides is 1. The van der Waals surface area contributed by atoms with E-state index in [1.165, 1.54) is 32.2 Å². The molecule has 1 heterocycles. The van der Waals surface area contributed by atoms with E-state index >= 15 is 0 Å². The van der Waals surface area contributed by atoms with E-state index in [4.69, 9.17) is 0 Å². The molecule has 0 spiro atoms. The second kappa shape index (κ2) is 6.53. The first kappa shape index (κ1) is 13.8. The van der Waals surface area contributed by atoms with Crippen molar-refractivity contribution in [3.05, 3.63) is 0 Å². The van der Waals surface area contributed by atoms with E-state index in [2.05, 4.69) is 10.2 Å². The Bertz CT molecular complexity index is 270. The average molecular weight is 253 g/mol. The molecule has 18 heavy (non-hydrogen) atoms. The summed E-state index contributed by atoms with van der Waals surface area (Å²) >= 11 is 0. The van der Waals surface area contributed by atoms with Crippen LogP contribution in [0.3, 0.4) is 0 Å². The zero-order chi connectivity index (χ0) is 13.0.